The second-order valence-electron chi connectivity index (χ2n) is 2.69. The lowest BCUT2D eigenvalue weighted by Gasteiger charge is -2.25. The molecule has 1 aliphatic heterocycles. The third-order valence-electron chi connectivity index (χ3n) is 1.55. The van der Waals surface area contributed by atoms with Gasteiger partial charge in [-0.2, -0.15) is 17.5 Å². The van der Waals surface area contributed by atoms with E-state index in [1.165, 1.54) is 0 Å². The lowest BCUT2D eigenvalue weighted by Crippen LogP contribution is -2.55. The number of hydrogen-bond donors (Lipinski definition) is 1. The minimum Gasteiger partial charge on any atom is -0.294 e. The number of imide groups is 1. The highest BCUT2D eigenvalue weighted by atomic mass is 32.2. The number of halogens is 3. The molecule has 0 aliphatic carbocycles. The van der Waals surface area contributed by atoms with Gasteiger partial charge in [-0.15, -0.1) is 0 Å². The Bertz CT molecular complexity index is 385. The van der Waals surface area contributed by atoms with Crippen LogP contribution in [0.15, 0.2) is 0 Å². The predicted octanol–water partition coefficient (Wildman–Crippen LogP) is -1.21. The van der Waals surface area contributed by atoms with E-state index in [1.54, 1.807) is 5.32 Å². The van der Waals surface area contributed by atoms with Gasteiger partial charge >= 0.3 is 15.5 Å². The number of nitrogens with one attached hydrogen (secondary N) is 1. The molecule has 0 spiro atoms. The Morgan fingerprint density at radius 1 is 1.13 bits per heavy atom. The fraction of sp³-hybridized carbons (Fsp3) is 0.600. The summed E-state index contributed by atoms with van der Waals surface area (Å²) in [5.41, 5.74) is -5.51. The van der Waals surface area contributed by atoms with Gasteiger partial charge in [0, 0.05) is 0 Å². The average molecular weight is 246 g/mol. The number of amides is 2. The topological polar surface area (TPSA) is 83.6 Å². The van der Waals surface area contributed by atoms with Crippen LogP contribution in [0.5, 0.6) is 0 Å². The van der Waals surface area contributed by atoms with Crippen molar-refractivity contribution in [3.8, 4) is 0 Å². The van der Waals surface area contributed by atoms with Crippen molar-refractivity contribution in [3.63, 3.8) is 0 Å². The molecule has 1 heterocycles. The van der Waals surface area contributed by atoms with Crippen molar-refractivity contribution in [3.05, 3.63) is 0 Å². The van der Waals surface area contributed by atoms with Gasteiger partial charge in [0.05, 0.1) is 13.1 Å². The largest absolute Gasteiger partial charge is 0.511 e. The standard InChI is InChI=1S/C5H5F3N2O4S/c6-5(7,8)15(13,14)10-1-3(11)9-4(12)2-10/h1-2H2,(H,9,11,12). The number of alkyl halides is 3. The summed E-state index contributed by atoms with van der Waals surface area (Å²) in [6, 6.07) is 0. The molecular formula is C5H5F3N2O4S. The Hall–Kier alpha value is -1.16. The first-order chi connectivity index (χ1) is 6.64. The zero-order chi connectivity index (χ0) is 11.9. The molecule has 15 heavy (non-hydrogen) atoms. The van der Waals surface area contributed by atoms with Crippen molar-refractivity contribution in [2.24, 2.45) is 0 Å². The minimum atomic E-state index is -5.61. The van der Waals surface area contributed by atoms with Crippen LogP contribution >= 0.6 is 0 Å². The van der Waals surface area contributed by atoms with Crippen LogP contribution in [0.2, 0.25) is 0 Å². The quantitative estimate of drug-likeness (QED) is 0.589. The highest BCUT2D eigenvalue weighted by Crippen LogP contribution is 2.26. The van der Waals surface area contributed by atoms with E-state index in [0.717, 1.165) is 0 Å². The maximum atomic E-state index is 12.0. The highest BCUT2D eigenvalue weighted by molar-refractivity contribution is 7.90. The molecule has 0 aromatic rings. The van der Waals surface area contributed by atoms with Crippen molar-refractivity contribution in [2.75, 3.05) is 13.1 Å². The lowest BCUT2D eigenvalue weighted by atomic mass is 10.4. The molecule has 0 aromatic carbocycles. The molecule has 2 amide bonds. The molecule has 0 radical (unpaired) electrons. The molecule has 1 rings (SSSR count). The normalized spacial score (nSPS) is 20.2. The number of carbonyl (C=O) groups excluding carboxylic acids is 2. The van der Waals surface area contributed by atoms with Crippen LogP contribution in [0.25, 0.3) is 0 Å². The monoisotopic (exact) mass is 246 g/mol. The van der Waals surface area contributed by atoms with Gasteiger partial charge < -0.3 is 0 Å². The van der Waals surface area contributed by atoms with Crippen molar-refractivity contribution < 1.29 is 31.2 Å². The maximum absolute atomic E-state index is 12.0. The highest BCUT2D eigenvalue weighted by Gasteiger charge is 2.51. The van der Waals surface area contributed by atoms with Crippen LogP contribution in [0.1, 0.15) is 0 Å². The van der Waals surface area contributed by atoms with Crippen molar-refractivity contribution >= 4 is 21.8 Å². The first-order valence-corrected chi connectivity index (χ1v) is 4.97. The van der Waals surface area contributed by atoms with Crippen molar-refractivity contribution in [2.45, 2.75) is 5.51 Å². The second-order valence-corrected chi connectivity index (χ2v) is 4.62. The molecular weight excluding hydrogens is 241 g/mol. The Morgan fingerprint density at radius 3 is 1.87 bits per heavy atom. The summed E-state index contributed by atoms with van der Waals surface area (Å²) in [7, 11) is -5.61. The molecule has 0 aromatic heterocycles. The number of carbonyl (C=O) groups is 2. The summed E-state index contributed by atoms with van der Waals surface area (Å²) in [6.07, 6.45) is 0. The Labute approximate surface area is 82.1 Å². The van der Waals surface area contributed by atoms with E-state index in [0.29, 0.717) is 0 Å². The summed E-state index contributed by atoms with van der Waals surface area (Å²) in [6.45, 7) is -2.01. The Balaban J connectivity index is 2.99. The number of sulfonamides is 1. The maximum Gasteiger partial charge on any atom is 0.511 e. The molecule has 1 fully saturated rings. The molecule has 6 nitrogen and oxygen atoms in total. The number of nitrogens with zero attached hydrogens (tertiary/aromatic N) is 1. The summed E-state index contributed by atoms with van der Waals surface area (Å²) < 4.78 is 57.3. The molecule has 10 heteroatoms. The van der Waals surface area contributed by atoms with E-state index in [-0.39, 0.29) is 4.31 Å². The predicted molar refractivity (Wildman–Crippen MR) is 39.7 cm³/mol. The van der Waals surface area contributed by atoms with Crippen LogP contribution in [0.4, 0.5) is 13.2 Å². The van der Waals surface area contributed by atoms with Crippen LogP contribution in [0, 0.1) is 0 Å². The summed E-state index contributed by atoms with van der Waals surface area (Å²) in [5.74, 6) is -2.17. The van der Waals surface area contributed by atoms with Gasteiger partial charge in [0.15, 0.2) is 0 Å². The first-order valence-electron chi connectivity index (χ1n) is 3.53. The van der Waals surface area contributed by atoms with Crippen LogP contribution in [-0.2, 0) is 19.6 Å². The summed E-state index contributed by atoms with van der Waals surface area (Å²) in [5, 5.41) is 1.68. The fourth-order valence-electron chi connectivity index (χ4n) is 0.927. The zero-order valence-electron chi connectivity index (χ0n) is 7.04. The van der Waals surface area contributed by atoms with Crippen LogP contribution in [-0.4, -0.2) is 43.1 Å². The number of rotatable bonds is 1. The van der Waals surface area contributed by atoms with E-state index < -0.39 is 40.4 Å². The third kappa shape index (κ3) is 2.26. The second kappa shape index (κ2) is 3.45. The van der Waals surface area contributed by atoms with Gasteiger partial charge in [-0.3, -0.25) is 14.9 Å². The minimum absolute atomic E-state index is 0.214. The summed E-state index contributed by atoms with van der Waals surface area (Å²) in [4.78, 5) is 21.3. The lowest BCUT2D eigenvalue weighted by molar-refractivity contribution is -0.134. The van der Waals surface area contributed by atoms with E-state index in [2.05, 4.69) is 0 Å². The van der Waals surface area contributed by atoms with E-state index in [9.17, 15) is 31.2 Å². The molecule has 0 unspecified atom stereocenters. The van der Waals surface area contributed by atoms with Crippen molar-refractivity contribution in [1.82, 2.24) is 9.62 Å². The molecule has 0 atom stereocenters. The van der Waals surface area contributed by atoms with E-state index in [1.807, 2.05) is 0 Å². The molecule has 0 saturated carbocycles. The average Bonchev–Trinajstić information content (AvgIpc) is 1.99. The molecule has 1 N–H and O–H groups in total. The number of hydrogen-bond acceptors (Lipinski definition) is 4. The van der Waals surface area contributed by atoms with Gasteiger partial charge in [-0.1, -0.05) is 0 Å². The van der Waals surface area contributed by atoms with Crippen LogP contribution in [0.3, 0.4) is 0 Å². The van der Waals surface area contributed by atoms with Gasteiger partial charge in [0.25, 0.3) is 0 Å². The van der Waals surface area contributed by atoms with E-state index in [4.69, 9.17) is 0 Å². The van der Waals surface area contributed by atoms with Gasteiger partial charge in [0.2, 0.25) is 11.8 Å². The van der Waals surface area contributed by atoms with Gasteiger partial charge in [-0.25, -0.2) is 8.42 Å². The third-order valence-corrected chi connectivity index (χ3v) is 3.07. The summed E-state index contributed by atoms with van der Waals surface area (Å²) >= 11 is 0. The number of piperazine rings is 1. The fourth-order valence-corrected chi connectivity index (χ4v) is 1.79. The van der Waals surface area contributed by atoms with E-state index >= 15 is 0 Å². The SMILES string of the molecule is O=C1CN(S(=O)(=O)C(F)(F)F)CC(=O)N1. The van der Waals surface area contributed by atoms with Crippen LogP contribution < -0.4 is 5.32 Å². The van der Waals surface area contributed by atoms with Gasteiger partial charge in [-0.05, 0) is 0 Å². The zero-order valence-corrected chi connectivity index (χ0v) is 7.85. The molecule has 86 valence electrons. The van der Waals surface area contributed by atoms with Crippen molar-refractivity contribution in [1.29, 1.82) is 0 Å². The molecule has 1 saturated heterocycles. The smallest absolute Gasteiger partial charge is 0.294 e. The Kier molecular flexibility index (Phi) is 2.74. The Morgan fingerprint density at radius 2 is 1.53 bits per heavy atom. The molecule has 0 bridgehead atoms. The molecule has 1 aliphatic rings. The first kappa shape index (κ1) is 11.9. The van der Waals surface area contributed by atoms with Gasteiger partial charge in [0.1, 0.15) is 0 Å².